The summed E-state index contributed by atoms with van der Waals surface area (Å²) in [5.74, 6) is 3.55. The molecule has 0 aromatic carbocycles. The van der Waals surface area contributed by atoms with E-state index in [2.05, 4.69) is 143 Å². The number of aliphatic carboxylic acids is 1. The number of hydrogen-bond acceptors (Lipinski definition) is 29. The van der Waals surface area contributed by atoms with Crippen molar-refractivity contribution in [2.75, 3.05) is 182 Å². The van der Waals surface area contributed by atoms with Crippen molar-refractivity contribution in [2.24, 2.45) is 27.4 Å². The minimum Gasteiger partial charge on any atom is -0.550 e. The normalized spacial score (nSPS) is 8.57. The molecule has 0 saturated heterocycles. The first-order valence-corrected chi connectivity index (χ1v) is 41.3. The van der Waals surface area contributed by atoms with Crippen LogP contribution in [-0.2, 0) is 85.8 Å². The van der Waals surface area contributed by atoms with Crippen LogP contribution in [0.5, 0.6) is 0 Å². The first-order chi connectivity index (χ1) is 49.2. The van der Waals surface area contributed by atoms with Crippen molar-refractivity contribution < 1.29 is 92.4 Å². The van der Waals surface area contributed by atoms with E-state index in [0.717, 1.165) is 38.4 Å². The van der Waals surface area contributed by atoms with Crippen LogP contribution in [0.3, 0.4) is 0 Å². The van der Waals surface area contributed by atoms with Gasteiger partial charge in [-0.05, 0) is 175 Å². The Morgan fingerprint density at radius 3 is 0.854 bits per heavy atom. The molecule has 1 amide bonds. The fraction of sp³-hybridized carbons (Fsp3) is 0.871. The molecule has 30 heteroatoms. The number of thiol groups is 1. The topological polar surface area (TPSA) is 336 Å². The Hall–Kier alpha value is -4.01. The number of thioether (sulfide) groups is 4. The number of nitrogens with two attached hydrogens (primary N) is 1. The molecular formula is C93H233N6O19S5-. The van der Waals surface area contributed by atoms with Gasteiger partial charge in [0.2, 0.25) is 5.91 Å². The summed E-state index contributed by atoms with van der Waals surface area (Å²) < 4.78 is 36.2. The van der Waals surface area contributed by atoms with E-state index in [1.54, 1.807) is 61.0 Å². The summed E-state index contributed by atoms with van der Waals surface area (Å²) in [5, 5.41) is 19.2. The van der Waals surface area contributed by atoms with E-state index in [1.165, 1.54) is 98.8 Å². The number of amides is 1. The lowest BCUT2D eigenvalue weighted by Crippen LogP contribution is -2.29. The highest BCUT2D eigenvalue weighted by atomic mass is 32.2. The zero-order valence-electron chi connectivity index (χ0n) is 71.9. The number of nitrogens with zero attached hydrogens (tertiary/aromatic N) is 2. The lowest BCUT2D eigenvalue weighted by molar-refractivity contribution is -0.305. The summed E-state index contributed by atoms with van der Waals surface area (Å²) >= 11 is 9.92. The second kappa shape index (κ2) is 168. The SMILES string of the molecule is C.C.C.C.C.C.C.C.C.C.C.C.C.C.C.C.C.C.C=C(C)C(=O)OC.CC.CCC(C)NC.CCCCC.CCCN(C)C.CCCN(C)C(=O)CCSCC(C)(C)C(=O)OC.CCCNC.CCCNC.CCN.COC(=O)C(C)(C)CSCCC(=O)[O-].COC(=O)C(C)(C)CSCCOC=O.COC(=O)C(C)(C)CSCCOC=O.O=COCCS.[HH]. The number of ether oxygens (including phenoxy) is 8. The van der Waals surface area contributed by atoms with Crippen LogP contribution in [0.1, 0.15) is 338 Å². The number of unbranched alkanes of at least 4 members (excludes halogenated alkanes) is 2. The number of nitrogens with one attached hydrogen (secondary N) is 3. The highest BCUT2D eigenvalue weighted by Crippen LogP contribution is 2.26. The fourth-order valence-electron chi connectivity index (χ4n) is 5.71. The van der Waals surface area contributed by atoms with Crippen LogP contribution >= 0.6 is 59.7 Å². The zero-order valence-corrected chi connectivity index (χ0v) is 76.1. The number of methoxy groups -OCH3 is 5. The quantitative estimate of drug-likeness (QED) is 0.00946. The van der Waals surface area contributed by atoms with Gasteiger partial charge in [-0.3, -0.25) is 38.4 Å². The fourth-order valence-corrected chi connectivity index (χ4v) is 9.96. The summed E-state index contributed by atoms with van der Waals surface area (Å²) in [6.07, 6.45) is 10.5. The molecule has 0 rings (SSSR count). The maximum atomic E-state index is 11.7. The Morgan fingerprint density at radius 2 is 0.724 bits per heavy atom. The molecule has 0 spiro atoms. The van der Waals surface area contributed by atoms with Crippen molar-refractivity contribution in [1.29, 1.82) is 0 Å². The van der Waals surface area contributed by atoms with Gasteiger partial charge in [0, 0.05) is 85.0 Å². The average Bonchev–Trinajstić information content (AvgIpc) is 0.914. The monoisotopic (exact) mass is 1900 g/mol. The van der Waals surface area contributed by atoms with Gasteiger partial charge in [-0.1, -0.05) is 229 Å². The van der Waals surface area contributed by atoms with Crippen LogP contribution in [0, 0.1) is 21.7 Å². The number of rotatable bonds is 42. The highest BCUT2D eigenvalue weighted by molar-refractivity contribution is 8.00. The highest BCUT2D eigenvalue weighted by Gasteiger charge is 2.31. The molecular weight excluding hydrogens is 1670 g/mol. The van der Waals surface area contributed by atoms with Crippen LogP contribution < -0.4 is 26.8 Å². The second-order valence-corrected chi connectivity index (χ2v) is 29.5. The van der Waals surface area contributed by atoms with Crippen LogP contribution in [-0.4, -0.2) is 259 Å². The molecule has 0 aromatic heterocycles. The van der Waals surface area contributed by atoms with Crippen molar-refractivity contribution in [1.82, 2.24) is 25.8 Å². The van der Waals surface area contributed by atoms with Gasteiger partial charge in [0.25, 0.3) is 19.4 Å². The Bertz CT molecular complexity index is 1880. The lowest BCUT2D eigenvalue weighted by atomic mass is 9.97. The summed E-state index contributed by atoms with van der Waals surface area (Å²) in [4.78, 5) is 110. The average molecular weight is 1900 g/mol. The molecule has 0 fully saturated rings. The summed E-state index contributed by atoms with van der Waals surface area (Å²) in [7, 11) is 18.7. The predicted octanol–water partition coefficient (Wildman–Crippen LogP) is 23.3. The number of hydrogen-bond donors (Lipinski definition) is 5. The number of carbonyl (C=O) groups excluding carboxylic acids is 10. The van der Waals surface area contributed by atoms with E-state index in [9.17, 15) is 53.1 Å². The third-order valence-corrected chi connectivity index (χ3v) is 17.6. The molecule has 0 saturated carbocycles. The van der Waals surface area contributed by atoms with Crippen molar-refractivity contribution >= 4 is 121 Å². The minimum atomic E-state index is -1.06. The molecule has 0 radical (unpaired) electrons. The van der Waals surface area contributed by atoms with Gasteiger partial charge in [-0.25, -0.2) is 4.79 Å². The van der Waals surface area contributed by atoms with Gasteiger partial charge in [0.15, 0.2) is 0 Å². The molecule has 0 aliphatic carbocycles. The maximum absolute atomic E-state index is 11.7. The first kappa shape index (κ1) is 214. The van der Waals surface area contributed by atoms with Gasteiger partial charge in [-0.15, -0.1) is 0 Å². The molecule has 0 bridgehead atoms. The summed E-state index contributed by atoms with van der Waals surface area (Å²) in [5.41, 5.74) is 3.26. The molecule has 0 heterocycles. The smallest absolute Gasteiger partial charge is 0.332 e. The summed E-state index contributed by atoms with van der Waals surface area (Å²) in [6, 6.07) is 0.685. The maximum Gasteiger partial charge on any atom is 0.332 e. The van der Waals surface area contributed by atoms with E-state index in [0.29, 0.717) is 103 Å². The molecule has 0 aliphatic rings. The number of carbonyl (C=O) groups is 10. The molecule has 0 aromatic rings. The number of carboxylic acid groups (broad SMARTS) is 1. The van der Waals surface area contributed by atoms with Crippen LogP contribution in [0.15, 0.2) is 12.2 Å². The molecule has 780 valence electrons. The van der Waals surface area contributed by atoms with Crippen molar-refractivity contribution in [2.45, 2.75) is 342 Å². The van der Waals surface area contributed by atoms with E-state index in [4.69, 9.17) is 10.5 Å². The third kappa shape index (κ3) is 200. The second-order valence-electron chi connectivity index (χ2n) is 24.7. The third-order valence-electron chi connectivity index (χ3n) is 11.8. The molecule has 123 heavy (non-hydrogen) atoms. The van der Waals surface area contributed by atoms with Gasteiger partial charge in [0.1, 0.15) is 13.2 Å². The Balaban J connectivity index is -0.0000000251. The van der Waals surface area contributed by atoms with Gasteiger partial charge < -0.3 is 79.3 Å². The zero-order chi connectivity index (χ0) is 85.2. The number of carboxylic acids is 1. The summed E-state index contributed by atoms with van der Waals surface area (Å²) in [6.45, 7) is 50.2. The van der Waals surface area contributed by atoms with E-state index < -0.39 is 27.6 Å². The molecule has 1 atom stereocenters. The largest absolute Gasteiger partial charge is 0.550 e. The van der Waals surface area contributed by atoms with Gasteiger partial charge >= 0.3 is 29.8 Å². The van der Waals surface area contributed by atoms with E-state index in [-0.39, 0.29) is 177 Å². The first-order valence-electron chi connectivity index (χ1n) is 36.1. The molecule has 0 aliphatic heterocycles. The molecule has 5 N–H and O–H groups in total. The van der Waals surface area contributed by atoms with E-state index in [1.807, 2.05) is 90.5 Å². The predicted molar refractivity (Wildman–Crippen MR) is 572 cm³/mol. The Kier molecular flexibility index (Phi) is 293. The van der Waals surface area contributed by atoms with Gasteiger partial charge in [0.05, 0.1) is 63.8 Å². The number of esters is 5. The Labute approximate surface area is 798 Å². The van der Waals surface area contributed by atoms with E-state index >= 15 is 0 Å². The van der Waals surface area contributed by atoms with Crippen LogP contribution in [0.4, 0.5) is 0 Å². The molecule has 1 unspecified atom stereocenters. The standard InChI is InChI=1S/C13H25NO3S.3C9H16O4S.2C5H13N.C5H8O2.C5H12.2C4H11N.C3H6O2S.C2H7N.C2H6.18CH4.H2/c1-6-8-14(4)11(15)7-9-18-10-13(2,3)12(16)17-5;2*1-9(2,8(11)12-3)6-14-5-4-13-7-10;1-9(2,8(12)13-3)6-14-5-4-7(10)11;1-4-5-6(2)3;1-4-5(2)6-3;1-4(2)5(6)7-3;1-3-5-4-2;2*1-3-4-5-2;4-3-5-1-2-6;1-2-3;1-2;;;;;;;;;;;;;;;;;;;/h6-10H2,1-5H3;2*7H,4-6H2,1-3H3;4-6H2,1-3H3,(H,10,11);4-5H2,1-3H3;5-6H,4H2,1-3H3;1H2,2-3H3;3-5H2,1-2H3;2*5H,3-4H2,1-2H3;3,6H,1-2H2;2-3H2,1H3;1-2H3;18*1H4;1H/p-1. The van der Waals surface area contributed by atoms with Crippen LogP contribution in [0.25, 0.3) is 0 Å². The minimum absolute atomic E-state index is 0. The van der Waals surface area contributed by atoms with Crippen LogP contribution in [0.2, 0.25) is 0 Å². The van der Waals surface area contributed by atoms with Gasteiger partial charge in [-0.2, -0.15) is 59.7 Å². The van der Waals surface area contributed by atoms with Crippen molar-refractivity contribution in [3.05, 3.63) is 12.2 Å². The van der Waals surface area contributed by atoms with Crippen molar-refractivity contribution in [3.8, 4) is 0 Å². The molecule has 25 nitrogen and oxygen atoms in total. The van der Waals surface area contributed by atoms with Crippen molar-refractivity contribution in [3.63, 3.8) is 0 Å². The lowest BCUT2D eigenvalue weighted by Gasteiger charge is -2.21. The Morgan fingerprint density at radius 1 is 0.463 bits per heavy atom.